The highest BCUT2D eigenvalue weighted by Gasteiger charge is 2.18. The van der Waals surface area contributed by atoms with Crippen molar-refractivity contribution < 1.29 is 29.7 Å². The lowest BCUT2D eigenvalue weighted by atomic mass is 9.96. The van der Waals surface area contributed by atoms with Crippen LogP contribution in [0.15, 0.2) is 12.1 Å². The average Bonchev–Trinajstić information content (AvgIpc) is 2.19. The van der Waals surface area contributed by atoms with E-state index in [0.29, 0.717) is 5.56 Å². The fourth-order valence-corrected chi connectivity index (χ4v) is 1.52. The highest BCUT2D eigenvalue weighted by atomic mass is 16.4. The first kappa shape index (κ1) is 12.7. The molecule has 0 saturated heterocycles. The highest BCUT2D eigenvalue weighted by Crippen LogP contribution is 2.18. The Labute approximate surface area is 96.1 Å². The zero-order valence-electron chi connectivity index (χ0n) is 8.93. The number of hydrogen-bond donors (Lipinski definition) is 3. The Kier molecular flexibility index (Phi) is 3.47. The van der Waals surface area contributed by atoms with Gasteiger partial charge in [0.05, 0.1) is 17.5 Å². The van der Waals surface area contributed by atoms with Gasteiger partial charge in [-0.3, -0.25) is 4.79 Å². The van der Waals surface area contributed by atoms with Crippen molar-refractivity contribution in [2.75, 3.05) is 0 Å². The summed E-state index contributed by atoms with van der Waals surface area (Å²) in [5.74, 6) is -3.76. The van der Waals surface area contributed by atoms with Crippen molar-refractivity contribution in [1.82, 2.24) is 0 Å². The normalized spacial score (nSPS) is 9.94. The lowest BCUT2D eigenvalue weighted by Crippen LogP contribution is -2.12. The molecule has 17 heavy (non-hydrogen) atoms. The van der Waals surface area contributed by atoms with Gasteiger partial charge in [0.15, 0.2) is 0 Å². The first-order valence-corrected chi connectivity index (χ1v) is 4.65. The number of benzene rings is 1. The molecule has 0 aromatic heterocycles. The number of carbonyl (C=O) groups is 3. The number of carboxylic acids is 3. The minimum atomic E-state index is -1.34. The molecule has 0 amide bonds. The molecule has 0 radical (unpaired) electrons. The summed E-state index contributed by atoms with van der Waals surface area (Å²) in [7, 11) is 0. The van der Waals surface area contributed by atoms with Crippen LogP contribution in [-0.2, 0) is 11.2 Å². The molecule has 0 unspecified atom stereocenters. The summed E-state index contributed by atoms with van der Waals surface area (Å²) in [5.41, 5.74) is -0.00135. The van der Waals surface area contributed by atoms with Crippen molar-refractivity contribution in [3.8, 4) is 0 Å². The van der Waals surface area contributed by atoms with Gasteiger partial charge in [-0.15, -0.1) is 0 Å². The summed E-state index contributed by atoms with van der Waals surface area (Å²) in [5, 5.41) is 26.4. The summed E-state index contributed by atoms with van der Waals surface area (Å²) in [6.07, 6.45) is -0.451. The zero-order valence-corrected chi connectivity index (χ0v) is 8.93. The van der Waals surface area contributed by atoms with Gasteiger partial charge in [0.2, 0.25) is 0 Å². The third-order valence-electron chi connectivity index (χ3n) is 2.28. The average molecular weight is 238 g/mol. The maximum Gasteiger partial charge on any atom is 0.336 e. The molecule has 0 atom stereocenters. The second kappa shape index (κ2) is 4.65. The monoisotopic (exact) mass is 238 g/mol. The Morgan fingerprint density at radius 2 is 1.65 bits per heavy atom. The summed E-state index contributed by atoms with van der Waals surface area (Å²) in [6, 6.07) is 2.23. The molecule has 3 N–H and O–H groups in total. The third kappa shape index (κ3) is 2.81. The molecule has 1 rings (SSSR count). The predicted molar refractivity (Wildman–Crippen MR) is 56.4 cm³/mol. The summed E-state index contributed by atoms with van der Waals surface area (Å²) >= 11 is 0. The van der Waals surface area contributed by atoms with E-state index in [4.69, 9.17) is 15.3 Å². The van der Waals surface area contributed by atoms with Crippen LogP contribution in [-0.4, -0.2) is 33.2 Å². The molecule has 0 spiro atoms. The van der Waals surface area contributed by atoms with Gasteiger partial charge in [-0.2, -0.15) is 0 Å². The predicted octanol–water partition coefficient (Wildman–Crippen LogP) is 1.02. The topological polar surface area (TPSA) is 112 Å². The minimum Gasteiger partial charge on any atom is -0.481 e. The number of aromatic carboxylic acids is 2. The number of aliphatic carboxylic acids is 1. The molecule has 0 heterocycles. The number of rotatable bonds is 4. The van der Waals surface area contributed by atoms with E-state index in [2.05, 4.69) is 0 Å². The Bertz CT molecular complexity index is 503. The van der Waals surface area contributed by atoms with Gasteiger partial charge in [0.1, 0.15) is 0 Å². The second-order valence-electron chi connectivity index (χ2n) is 3.50. The maximum absolute atomic E-state index is 10.9. The van der Waals surface area contributed by atoms with E-state index in [9.17, 15) is 14.4 Å². The molecule has 6 heteroatoms. The lowest BCUT2D eigenvalue weighted by Gasteiger charge is -2.09. The first-order chi connectivity index (χ1) is 7.82. The molecule has 0 aliphatic heterocycles. The Hall–Kier alpha value is -2.37. The Morgan fingerprint density at radius 1 is 1.06 bits per heavy atom. The van der Waals surface area contributed by atoms with Gasteiger partial charge in [-0.05, 0) is 30.2 Å². The van der Waals surface area contributed by atoms with E-state index in [1.807, 2.05) is 0 Å². The van der Waals surface area contributed by atoms with Crippen LogP contribution in [0.25, 0.3) is 0 Å². The maximum atomic E-state index is 10.9. The molecular weight excluding hydrogens is 228 g/mol. The third-order valence-corrected chi connectivity index (χ3v) is 2.28. The fourth-order valence-electron chi connectivity index (χ4n) is 1.52. The van der Waals surface area contributed by atoms with E-state index in [1.54, 1.807) is 0 Å². The van der Waals surface area contributed by atoms with Crippen molar-refractivity contribution >= 4 is 17.9 Å². The summed E-state index contributed by atoms with van der Waals surface area (Å²) in [6.45, 7) is 1.48. The Balaban J connectivity index is 3.43. The summed E-state index contributed by atoms with van der Waals surface area (Å²) < 4.78 is 0. The molecule has 1 aromatic carbocycles. The lowest BCUT2D eigenvalue weighted by molar-refractivity contribution is -0.136. The van der Waals surface area contributed by atoms with Gasteiger partial charge in [-0.1, -0.05) is 0 Å². The SMILES string of the molecule is Cc1cc(C(=O)O)cc(C(=O)O)c1CC(=O)O. The molecule has 0 saturated carbocycles. The van der Waals surface area contributed by atoms with Crippen LogP contribution < -0.4 is 0 Å². The van der Waals surface area contributed by atoms with E-state index in [-0.39, 0.29) is 16.7 Å². The largest absolute Gasteiger partial charge is 0.481 e. The van der Waals surface area contributed by atoms with Gasteiger partial charge in [-0.25, -0.2) is 9.59 Å². The van der Waals surface area contributed by atoms with Crippen LogP contribution in [0.3, 0.4) is 0 Å². The number of hydrogen-bond acceptors (Lipinski definition) is 3. The van der Waals surface area contributed by atoms with Crippen LogP contribution in [0.5, 0.6) is 0 Å². The highest BCUT2D eigenvalue weighted by molar-refractivity contribution is 5.96. The van der Waals surface area contributed by atoms with Crippen molar-refractivity contribution in [2.24, 2.45) is 0 Å². The van der Waals surface area contributed by atoms with Gasteiger partial charge in [0, 0.05) is 0 Å². The van der Waals surface area contributed by atoms with Gasteiger partial charge < -0.3 is 15.3 Å². The quantitative estimate of drug-likeness (QED) is 0.721. The number of aryl methyl sites for hydroxylation is 1. The number of carboxylic acid groups (broad SMARTS) is 3. The van der Waals surface area contributed by atoms with Crippen LogP contribution in [0, 0.1) is 6.92 Å². The van der Waals surface area contributed by atoms with Crippen LogP contribution >= 0.6 is 0 Å². The molecule has 0 fully saturated rings. The van der Waals surface area contributed by atoms with Crippen LogP contribution in [0.2, 0.25) is 0 Å². The van der Waals surface area contributed by atoms with E-state index in [0.717, 1.165) is 6.07 Å². The fraction of sp³-hybridized carbons (Fsp3) is 0.182. The zero-order chi connectivity index (χ0) is 13.2. The van der Waals surface area contributed by atoms with Gasteiger partial charge >= 0.3 is 17.9 Å². The van der Waals surface area contributed by atoms with Gasteiger partial charge in [0.25, 0.3) is 0 Å². The molecule has 0 bridgehead atoms. The van der Waals surface area contributed by atoms with Crippen LogP contribution in [0.1, 0.15) is 31.8 Å². The molecule has 0 aliphatic rings. The van der Waals surface area contributed by atoms with Crippen molar-refractivity contribution in [3.05, 3.63) is 34.4 Å². The smallest absolute Gasteiger partial charge is 0.336 e. The molecule has 0 aliphatic carbocycles. The standard InChI is InChI=1S/C11H10O6/c1-5-2-6(10(14)15)3-8(11(16)17)7(5)4-9(12)13/h2-3H,4H2,1H3,(H,12,13)(H,14,15)(H,16,17). The minimum absolute atomic E-state index is 0.120. The Morgan fingerprint density at radius 3 is 2.06 bits per heavy atom. The van der Waals surface area contributed by atoms with E-state index >= 15 is 0 Å². The molecule has 1 aromatic rings. The van der Waals surface area contributed by atoms with Crippen molar-refractivity contribution in [3.63, 3.8) is 0 Å². The first-order valence-electron chi connectivity index (χ1n) is 4.65. The molecule has 90 valence electrons. The molecular formula is C11H10O6. The second-order valence-corrected chi connectivity index (χ2v) is 3.50. The van der Waals surface area contributed by atoms with Crippen molar-refractivity contribution in [1.29, 1.82) is 0 Å². The van der Waals surface area contributed by atoms with E-state index in [1.165, 1.54) is 13.0 Å². The van der Waals surface area contributed by atoms with Crippen LogP contribution in [0.4, 0.5) is 0 Å². The molecule has 6 nitrogen and oxygen atoms in total. The van der Waals surface area contributed by atoms with Crippen molar-refractivity contribution in [2.45, 2.75) is 13.3 Å². The summed E-state index contributed by atoms with van der Waals surface area (Å²) in [4.78, 5) is 32.3. The van der Waals surface area contributed by atoms with E-state index < -0.39 is 24.3 Å².